The van der Waals surface area contributed by atoms with E-state index in [0.29, 0.717) is 29.2 Å². The van der Waals surface area contributed by atoms with E-state index in [1.807, 2.05) is 26.0 Å². The molecule has 0 fully saturated rings. The van der Waals surface area contributed by atoms with Crippen molar-refractivity contribution < 1.29 is 13.2 Å². The van der Waals surface area contributed by atoms with Gasteiger partial charge in [-0.25, -0.2) is 23.1 Å². The highest BCUT2D eigenvalue weighted by atomic mass is 19.3. The SMILES string of the molecule is C=CCCNC(=CC)c1cc(NCc2ccc(C)cc2F)nc(-c2cncc(C(C)(F)F)c2)n1. The Hall–Kier alpha value is -3.68. The van der Waals surface area contributed by atoms with Crippen molar-refractivity contribution >= 4 is 11.5 Å². The van der Waals surface area contributed by atoms with Crippen molar-refractivity contribution in [3.05, 3.63) is 89.7 Å². The molecule has 0 radical (unpaired) electrons. The summed E-state index contributed by atoms with van der Waals surface area (Å²) < 4.78 is 42.1. The number of nitrogens with one attached hydrogen (secondary N) is 2. The second kappa shape index (κ2) is 11.0. The number of hydrogen-bond acceptors (Lipinski definition) is 5. The third-order valence-corrected chi connectivity index (χ3v) is 5.13. The number of hydrogen-bond donors (Lipinski definition) is 2. The summed E-state index contributed by atoms with van der Waals surface area (Å²) in [5.41, 5.74) is 2.75. The minimum atomic E-state index is -3.05. The van der Waals surface area contributed by atoms with Crippen LogP contribution in [0.2, 0.25) is 0 Å². The second-order valence-corrected chi connectivity index (χ2v) is 7.97. The van der Waals surface area contributed by atoms with Gasteiger partial charge in [-0.15, -0.1) is 6.58 Å². The average Bonchev–Trinajstić information content (AvgIpc) is 2.81. The normalized spacial score (nSPS) is 11.9. The third kappa shape index (κ3) is 6.43. The molecule has 0 amide bonds. The fraction of sp³-hybridized carbons (Fsp3) is 0.269. The van der Waals surface area contributed by atoms with E-state index in [1.165, 1.54) is 18.3 Å². The Labute approximate surface area is 197 Å². The Morgan fingerprint density at radius 2 is 1.94 bits per heavy atom. The van der Waals surface area contributed by atoms with Crippen molar-refractivity contribution in [1.29, 1.82) is 0 Å². The third-order valence-electron chi connectivity index (χ3n) is 5.13. The van der Waals surface area contributed by atoms with Crippen molar-refractivity contribution in [3.8, 4) is 11.4 Å². The lowest BCUT2D eigenvalue weighted by atomic mass is 10.1. The molecule has 0 spiro atoms. The van der Waals surface area contributed by atoms with Crippen LogP contribution in [-0.4, -0.2) is 21.5 Å². The molecular weight excluding hydrogens is 439 g/mol. The molecule has 2 aromatic heterocycles. The summed E-state index contributed by atoms with van der Waals surface area (Å²) in [6, 6.07) is 8.08. The molecule has 2 heterocycles. The molecule has 0 bridgehead atoms. The number of halogens is 3. The van der Waals surface area contributed by atoms with Crippen LogP contribution >= 0.6 is 0 Å². The van der Waals surface area contributed by atoms with E-state index in [4.69, 9.17) is 0 Å². The van der Waals surface area contributed by atoms with E-state index in [2.05, 4.69) is 32.2 Å². The summed E-state index contributed by atoms with van der Waals surface area (Å²) in [6.45, 7) is 9.08. The van der Waals surface area contributed by atoms with Gasteiger partial charge in [-0.2, -0.15) is 0 Å². The molecule has 0 aliphatic rings. The number of nitrogens with zero attached hydrogens (tertiary/aromatic N) is 3. The molecule has 3 rings (SSSR count). The standard InChI is InChI=1S/C26H28F3N5/c1-5-7-10-31-22(6-2)23-13-24(32-15-18-9-8-17(3)11-21(18)27)34-25(33-23)19-12-20(16-30-14-19)26(4,28)29/h5-6,8-9,11-14,16,31H,1,7,10,15H2,2-4H3,(H,32,33,34). The van der Waals surface area contributed by atoms with Gasteiger partial charge in [-0.1, -0.05) is 24.3 Å². The molecule has 0 unspecified atom stereocenters. The number of benzene rings is 1. The lowest BCUT2D eigenvalue weighted by Crippen LogP contribution is -2.15. The van der Waals surface area contributed by atoms with Gasteiger partial charge in [-0.05, 0) is 38.0 Å². The van der Waals surface area contributed by atoms with E-state index >= 15 is 0 Å². The summed E-state index contributed by atoms with van der Waals surface area (Å²) >= 11 is 0. The first-order chi connectivity index (χ1) is 16.2. The van der Waals surface area contributed by atoms with Crippen LogP contribution in [0.5, 0.6) is 0 Å². The lowest BCUT2D eigenvalue weighted by Gasteiger charge is -2.15. The van der Waals surface area contributed by atoms with Gasteiger partial charge in [0.15, 0.2) is 5.82 Å². The largest absolute Gasteiger partial charge is 0.383 e. The van der Waals surface area contributed by atoms with Crippen molar-refractivity contribution in [1.82, 2.24) is 20.3 Å². The molecule has 0 atom stereocenters. The number of aryl methyl sites for hydroxylation is 1. The minimum absolute atomic E-state index is 0.197. The van der Waals surface area contributed by atoms with E-state index in [1.54, 1.807) is 18.2 Å². The van der Waals surface area contributed by atoms with Crippen LogP contribution in [0, 0.1) is 12.7 Å². The maximum atomic E-state index is 14.3. The summed E-state index contributed by atoms with van der Waals surface area (Å²) in [6.07, 6.45) is 6.99. The Kier molecular flexibility index (Phi) is 8.04. The molecule has 0 saturated heterocycles. The highest BCUT2D eigenvalue weighted by molar-refractivity contribution is 5.67. The van der Waals surface area contributed by atoms with Crippen molar-refractivity contribution in [2.75, 3.05) is 11.9 Å². The minimum Gasteiger partial charge on any atom is -0.383 e. The molecule has 0 aliphatic carbocycles. The van der Waals surface area contributed by atoms with E-state index in [0.717, 1.165) is 30.8 Å². The molecule has 0 aliphatic heterocycles. The van der Waals surface area contributed by atoms with Gasteiger partial charge < -0.3 is 10.6 Å². The van der Waals surface area contributed by atoms with Gasteiger partial charge in [-0.3, -0.25) is 4.98 Å². The summed E-state index contributed by atoms with van der Waals surface area (Å²) in [5.74, 6) is -2.71. The van der Waals surface area contributed by atoms with Gasteiger partial charge in [0.05, 0.1) is 11.4 Å². The van der Waals surface area contributed by atoms with Gasteiger partial charge in [0, 0.05) is 55.2 Å². The maximum absolute atomic E-state index is 14.3. The van der Waals surface area contributed by atoms with E-state index in [9.17, 15) is 13.2 Å². The smallest absolute Gasteiger partial charge is 0.272 e. The van der Waals surface area contributed by atoms with Gasteiger partial charge in [0.25, 0.3) is 5.92 Å². The van der Waals surface area contributed by atoms with Crippen LogP contribution in [0.1, 0.15) is 42.7 Å². The summed E-state index contributed by atoms with van der Waals surface area (Å²) in [5, 5.41) is 6.43. The predicted molar refractivity (Wildman–Crippen MR) is 130 cm³/mol. The maximum Gasteiger partial charge on any atom is 0.272 e. The average molecular weight is 468 g/mol. The molecule has 2 N–H and O–H groups in total. The second-order valence-electron chi connectivity index (χ2n) is 7.97. The Bertz CT molecular complexity index is 1190. The van der Waals surface area contributed by atoms with Crippen LogP contribution in [0.3, 0.4) is 0 Å². The van der Waals surface area contributed by atoms with Crippen LogP contribution in [0.15, 0.2) is 61.5 Å². The number of rotatable bonds is 10. The summed E-state index contributed by atoms with van der Waals surface area (Å²) in [4.78, 5) is 13.1. The highest BCUT2D eigenvalue weighted by Gasteiger charge is 2.25. The molecular formula is C26H28F3N5. The summed E-state index contributed by atoms with van der Waals surface area (Å²) in [7, 11) is 0. The van der Waals surface area contributed by atoms with Gasteiger partial charge in [0.1, 0.15) is 11.6 Å². The van der Waals surface area contributed by atoms with Gasteiger partial charge >= 0.3 is 0 Å². The zero-order valence-corrected chi connectivity index (χ0v) is 19.5. The number of allylic oxidation sites excluding steroid dienone is 1. The number of pyridine rings is 1. The van der Waals surface area contributed by atoms with E-state index < -0.39 is 5.92 Å². The molecule has 178 valence electrons. The van der Waals surface area contributed by atoms with Crippen LogP contribution < -0.4 is 10.6 Å². The van der Waals surface area contributed by atoms with Crippen LogP contribution in [0.4, 0.5) is 19.0 Å². The molecule has 0 saturated carbocycles. The van der Waals surface area contributed by atoms with Crippen LogP contribution in [0.25, 0.3) is 17.1 Å². The fourth-order valence-corrected chi connectivity index (χ4v) is 3.24. The highest BCUT2D eigenvalue weighted by Crippen LogP contribution is 2.29. The van der Waals surface area contributed by atoms with E-state index in [-0.39, 0.29) is 23.7 Å². The number of aromatic nitrogens is 3. The Morgan fingerprint density at radius 3 is 2.62 bits per heavy atom. The first-order valence-corrected chi connectivity index (χ1v) is 10.9. The van der Waals surface area contributed by atoms with Crippen molar-refractivity contribution in [2.24, 2.45) is 0 Å². The molecule has 5 nitrogen and oxygen atoms in total. The monoisotopic (exact) mass is 467 g/mol. The molecule has 8 heteroatoms. The Morgan fingerprint density at radius 1 is 1.15 bits per heavy atom. The first-order valence-electron chi connectivity index (χ1n) is 10.9. The fourth-order valence-electron chi connectivity index (χ4n) is 3.24. The quantitative estimate of drug-likeness (QED) is 0.273. The zero-order chi connectivity index (χ0) is 24.7. The predicted octanol–water partition coefficient (Wildman–Crippen LogP) is 6.24. The molecule has 34 heavy (non-hydrogen) atoms. The molecule has 1 aromatic carbocycles. The Balaban J connectivity index is 2.00. The zero-order valence-electron chi connectivity index (χ0n) is 19.5. The lowest BCUT2D eigenvalue weighted by molar-refractivity contribution is 0.0171. The van der Waals surface area contributed by atoms with Crippen LogP contribution in [-0.2, 0) is 12.5 Å². The van der Waals surface area contributed by atoms with Gasteiger partial charge in [0.2, 0.25) is 0 Å². The van der Waals surface area contributed by atoms with Crippen molar-refractivity contribution in [2.45, 2.75) is 39.7 Å². The number of alkyl halides is 2. The number of anilines is 1. The topological polar surface area (TPSA) is 62.7 Å². The van der Waals surface area contributed by atoms with Crippen molar-refractivity contribution in [3.63, 3.8) is 0 Å². The molecule has 3 aromatic rings. The first kappa shape index (κ1) is 25.0.